The minimum absolute atomic E-state index is 0.0261. The van der Waals surface area contributed by atoms with Gasteiger partial charge in [0.15, 0.2) is 0 Å². The SMILES string of the molecule is Nc1nc2cc(F)c(Cl)cc2n1-c1c(Cl)cccc1Cl. The average Bonchev–Trinajstić information content (AvgIpc) is 2.67. The fourth-order valence-electron chi connectivity index (χ4n) is 2.03. The van der Waals surface area contributed by atoms with Crippen molar-refractivity contribution in [3.05, 3.63) is 51.2 Å². The van der Waals surface area contributed by atoms with Gasteiger partial charge in [-0.2, -0.15) is 0 Å². The van der Waals surface area contributed by atoms with E-state index in [1.54, 1.807) is 22.8 Å². The van der Waals surface area contributed by atoms with Gasteiger partial charge in [0.05, 0.1) is 31.8 Å². The number of para-hydroxylation sites is 1. The molecule has 20 heavy (non-hydrogen) atoms. The average molecular weight is 331 g/mol. The van der Waals surface area contributed by atoms with Gasteiger partial charge in [-0.05, 0) is 18.2 Å². The summed E-state index contributed by atoms with van der Waals surface area (Å²) in [7, 11) is 0. The Labute approximate surface area is 128 Å². The number of nitrogen functional groups attached to an aromatic ring is 1. The van der Waals surface area contributed by atoms with Crippen molar-refractivity contribution in [1.82, 2.24) is 9.55 Å². The molecule has 0 aliphatic rings. The zero-order chi connectivity index (χ0) is 14.4. The third-order valence-electron chi connectivity index (χ3n) is 2.88. The maximum absolute atomic E-state index is 13.5. The highest BCUT2D eigenvalue weighted by Crippen LogP contribution is 2.34. The zero-order valence-electron chi connectivity index (χ0n) is 9.87. The van der Waals surface area contributed by atoms with E-state index in [2.05, 4.69) is 4.98 Å². The summed E-state index contributed by atoms with van der Waals surface area (Å²) in [4.78, 5) is 4.10. The number of hydrogen-bond donors (Lipinski definition) is 1. The molecule has 2 aromatic carbocycles. The zero-order valence-corrected chi connectivity index (χ0v) is 12.1. The van der Waals surface area contributed by atoms with E-state index in [9.17, 15) is 4.39 Å². The fraction of sp³-hybridized carbons (Fsp3) is 0. The molecular formula is C13H7Cl3FN3. The second kappa shape index (κ2) is 4.81. The van der Waals surface area contributed by atoms with Crippen LogP contribution in [0.25, 0.3) is 16.7 Å². The van der Waals surface area contributed by atoms with Gasteiger partial charge in [-0.1, -0.05) is 40.9 Å². The predicted octanol–water partition coefficient (Wildman–Crippen LogP) is 4.71. The van der Waals surface area contributed by atoms with Crippen molar-refractivity contribution in [2.24, 2.45) is 0 Å². The second-order valence-corrected chi connectivity index (χ2v) is 5.35. The van der Waals surface area contributed by atoms with Crippen LogP contribution in [-0.2, 0) is 0 Å². The van der Waals surface area contributed by atoms with Crippen molar-refractivity contribution < 1.29 is 4.39 Å². The summed E-state index contributed by atoms with van der Waals surface area (Å²) < 4.78 is 15.0. The first-order valence-electron chi connectivity index (χ1n) is 5.56. The highest BCUT2D eigenvalue weighted by molar-refractivity contribution is 6.38. The summed E-state index contributed by atoms with van der Waals surface area (Å²) in [5.41, 5.74) is 7.28. The molecule has 0 bridgehead atoms. The third-order valence-corrected chi connectivity index (χ3v) is 3.78. The molecule has 0 unspecified atom stereocenters. The number of fused-ring (bicyclic) bond motifs is 1. The lowest BCUT2D eigenvalue weighted by molar-refractivity contribution is 0.630. The summed E-state index contributed by atoms with van der Waals surface area (Å²) in [6, 6.07) is 7.74. The molecule has 0 aliphatic carbocycles. The van der Waals surface area contributed by atoms with E-state index in [0.717, 1.165) is 0 Å². The van der Waals surface area contributed by atoms with Gasteiger partial charge in [-0.25, -0.2) is 9.37 Å². The molecule has 1 aromatic heterocycles. The van der Waals surface area contributed by atoms with Crippen LogP contribution in [0.5, 0.6) is 0 Å². The molecule has 0 saturated heterocycles. The van der Waals surface area contributed by atoms with E-state index in [1.807, 2.05) is 0 Å². The van der Waals surface area contributed by atoms with Gasteiger partial charge in [0.2, 0.25) is 5.95 Å². The van der Waals surface area contributed by atoms with Gasteiger partial charge in [0, 0.05) is 6.07 Å². The van der Waals surface area contributed by atoms with E-state index in [1.165, 1.54) is 12.1 Å². The quantitative estimate of drug-likeness (QED) is 0.702. The molecule has 0 amide bonds. The number of aromatic nitrogens is 2. The molecule has 1 heterocycles. The summed E-state index contributed by atoms with van der Waals surface area (Å²) in [5.74, 6) is -0.411. The number of hydrogen-bond acceptors (Lipinski definition) is 2. The van der Waals surface area contributed by atoms with Crippen molar-refractivity contribution in [2.75, 3.05) is 5.73 Å². The minimum atomic E-state index is -0.561. The van der Waals surface area contributed by atoms with Crippen LogP contribution in [0.1, 0.15) is 0 Å². The van der Waals surface area contributed by atoms with Crippen LogP contribution in [0.2, 0.25) is 15.1 Å². The van der Waals surface area contributed by atoms with Gasteiger partial charge in [0.1, 0.15) is 5.82 Å². The molecule has 0 aliphatic heterocycles. The molecule has 2 N–H and O–H groups in total. The van der Waals surface area contributed by atoms with E-state index < -0.39 is 5.82 Å². The molecule has 7 heteroatoms. The second-order valence-electron chi connectivity index (χ2n) is 4.13. The normalized spacial score (nSPS) is 11.2. The molecule has 0 spiro atoms. The van der Waals surface area contributed by atoms with Gasteiger partial charge in [-0.15, -0.1) is 0 Å². The largest absolute Gasteiger partial charge is 0.369 e. The molecule has 0 radical (unpaired) electrons. The van der Waals surface area contributed by atoms with Gasteiger partial charge >= 0.3 is 0 Å². The van der Waals surface area contributed by atoms with E-state index in [0.29, 0.717) is 26.8 Å². The van der Waals surface area contributed by atoms with Crippen molar-refractivity contribution in [2.45, 2.75) is 0 Å². The first-order chi connectivity index (χ1) is 9.49. The molecule has 3 nitrogen and oxygen atoms in total. The predicted molar refractivity (Wildman–Crippen MR) is 80.5 cm³/mol. The van der Waals surface area contributed by atoms with Crippen LogP contribution in [-0.4, -0.2) is 9.55 Å². The first kappa shape index (κ1) is 13.5. The third kappa shape index (κ3) is 2.00. The first-order valence-corrected chi connectivity index (χ1v) is 6.70. The Bertz CT molecular complexity index is 809. The van der Waals surface area contributed by atoms with Crippen molar-refractivity contribution in [1.29, 1.82) is 0 Å². The lowest BCUT2D eigenvalue weighted by atomic mass is 10.2. The van der Waals surface area contributed by atoms with Crippen LogP contribution in [0.15, 0.2) is 30.3 Å². The smallest absolute Gasteiger partial charge is 0.206 e. The Morgan fingerprint density at radius 3 is 2.35 bits per heavy atom. The standard InChI is InChI=1S/C13H7Cl3FN3/c14-6-2-1-3-7(15)12(6)20-11-4-8(16)9(17)5-10(11)19-13(20)18/h1-5H,(H2,18,19). The lowest BCUT2D eigenvalue weighted by Gasteiger charge is -2.10. The van der Waals surface area contributed by atoms with Crippen LogP contribution in [0.4, 0.5) is 10.3 Å². The Kier molecular flexibility index (Phi) is 3.24. The molecule has 0 saturated carbocycles. The molecule has 102 valence electrons. The van der Waals surface area contributed by atoms with Crippen molar-refractivity contribution in [3.8, 4) is 5.69 Å². The fourth-order valence-corrected chi connectivity index (χ4v) is 2.75. The maximum atomic E-state index is 13.5. The van der Waals surface area contributed by atoms with Gasteiger partial charge in [0.25, 0.3) is 0 Å². The van der Waals surface area contributed by atoms with Crippen molar-refractivity contribution >= 4 is 51.8 Å². The minimum Gasteiger partial charge on any atom is -0.369 e. The van der Waals surface area contributed by atoms with E-state index in [-0.39, 0.29) is 11.0 Å². The number of rotatable bonds is 1. The summed E-state index contributed by atoms with van der Waals surface area (Å²) in [6.07, 6.45) is 0. The molecule has 0 fully saturated rings. The Morgan fingerprint density at radius 1 is 1.05 bits per heavy atom. The molecular weight excluding hydrogens is 324 g/mol. The number of benzene rings is 2. The Morgan fingerprint density at radius 2 is 1.70 bits per heavy atom. The van der Waals surface area contributed by atoms with Crippen LogP contribution >= 0.6 is 34.8 Å². The van der Waals surface area contributed by atoms with E-state index >= 15 is 0 Å². The highest BCUT2D eigenvalue weighted by atomic mass is 35.5. The number of anilines is 1. The number of imidazole rings is 1. The monoisotopic (exact) mass is 329 g/mol. The highest BCUT2D eigenvalue weighted by Gasteiger charge is 2.17. The summed E-state index contributed by atoms with van der Waals surface area (Å²) in [5, 5.41) is 0.787. The summed E-state index contributed by atoms with van der Waals surface area (Å²) >= 11 is 18.2. The Balaban J connectivity index is 2.42. The number of halogens is 4. The van der Waals surface area contributed by atoms with Crippen molar-refractivity contribution in [3.63, 3.8) is 0 Å². The number of nitrogens with two attached hydrogens (primary N) is 1. The molecule has 3 rings (SSSR count). The maximum Gasteiger partial charge on any atom is 0.206 e. The van der Waals surface area contributed by atoms with Gasteiger partial charge in [-0.3, -0.25) is 4.57 Å². The summed E-state index contributed by atoms with van der Waals surface area (Å²) in [6.45, 7) is 0. The van der Waals surface area contributed by atoms with E-state index in [4.69, 9.17) is 40.5 Å². The molecule has 3 aromatic rings. The molecule has 0 atom stereocenters. The van der Waals surface area contributed by atoms with Crippen LogP contribution < -0.4 is 5.73 Å². The topological polar surface area (TPSA) is 43.8 Å². The number of nitrogens with zero attached hydrogens (tertiary/aromatic N) is 2. The lowest BCUT2D eigenvalue weighted by Crippen LogP contribution is -2.02. The Hall–Kier alpha value is -1.49. The van der Waals surface area contributed by atoms with Gasteiger partial charge < -0.3 is 5.73 Å². The van der Waals surface area contributed by atoms with Crippen LogP contribution in [0.3, 0.4) is 0 Å². The van der Waals surface area contributed by atoms with Crippen LogP contribution in [0, 0.1) is 5.82 Å².